The molecule has 21 heavy (non-hydrogen) atoms. The highest BCUT2D eigenvalue weighted by molar-refractivity contribution is 5.80. The highest BCUT2D eigenvalue weighted by Gasteiger charge is 2.06. The number of nitrogens with zero attached hydrogens (tertiary/aromatic N) is 2. The number of azo groups is 1. The SMILES string of the molecule is C=Cc1c(N)ccc(N=Nc2ccccc2)c1C=C.CC. The van der Waals surface area contributed by atoms with Crippen molar-refractivity contribution in [1.82, 2.24) is 0 Å². The molecule has 0 amide bonds. The molecule has 2 aromatic carbocycles. The molecule has 2 rings (SSSR count). The summed E-state index contributed by atoms with van der Waals surface area (Å²) >= 11 is 0. The Morgan fingerprint density at radius 2 is 1.48 bits per heavy atom. The van der Waals surface area contributed by atoms with Crippen LogP contribution < -0.4 is 5.73 Å². The van der Waals surface area contributed by atoms with E-state index in [1.165, 1.54) is 0 Å². The molecule has 0 aliphatic heterocycles. The third kappa shape index (κ3) is 4.14. The third-order valence-corrected chi connectivity index (χ3v) is 2.74. The molecule has 0 fully saturated rings. The van der Waals surface area contributed by atoms with Crippen molar-refractivity contribution in [3.8, 4) is 0 Å². The summed E-state index contributed by atoms with van der Waals surface area (Å²) in [5.41, 5.74) is 9.75. The summed E-state index contributed by atoms with van der Waals surface area (Å²) in [6.07, 6.45) is 3.42. The predicted molar refractivity (Wildman–Crippen MR) is 93.0 cm³/mol. The van der Waals surface area contributed by atoms with Gasteiger partial charge >= 0.3 is 0 Å². The molecule has 108 valence electrons. The first kappa shape index (κ1) is 16.4. The molecule has 3 heteroatoms. The normalized spacial score (nSPS) is 9.81. The first-order chi connectivity index (χ1) is 10.3. The van der Waals surface area contributed by atoms with Crippen LogP contribution >= 0.6 is 0 Å². The average Bonchev–Trinajstić information content (AvgIpc) is 2.56. The maximum Gasteiger partial charge on any atom is 0.0936 e. The minimum absolute atomic E-state index is 0.656. The Morgan fingerprint density at radius 1 is 0.857 bits per heavy atom. The van der Waals surface area contributed by atoms with Gasteiger partial charge in [-0.15, -0.1) is 5.11 Å². The van der Waals surface area contributed by atoms with Crippen LogP contribution in [0.4, 0.5) is 17.1 Å². The Bertz CT molecular complexity index is 628. The lowest BCUT2D eigenvalue weighted by atomic mass is 10.0. The van der Waals surface area contributed by atoms with Gasteiger partial charge < -0.3 is 5.73 Å². The number of rotatable bonds is 4. The molecular weight excluding hydrogens is 258 g/mol. The van der Waals surface area contributed by atoms with Crippen LogP contribution in [-0.2, 0) is 0 Å². The number of hydrogen-bond acceptors (Lipinski definition) is 3. The summed E-state index contributed by atoms with van der Waals surface area (Å²) in [4.78, 5) is 0. The lowest BCUT2D eigenvalue weighted by molar-refractivity contribution is 1.23. The van der Waals surface area contributed by atoms with E-state index in [-0.39, 0.29) is 0 Å². The zero-order chi connectivity index (χ0) is 15.7. The quantitative estimate of drug-likeness (QED) is 0.541. The Hall–Kier alpha value is -2.68. The Kier molecular flexibility index (Phi) is 6.61. The van der Waals surface area contributed by atoms with Crippen molar-refractivity contribution in [2.45, 2.75) is 13.8 Å². The van der Waals surface area contributed by atoms with E-state index in [4.69, 9.17) is 5.73 Å². The maximum absolute atomic E-state index is 5.89. The molecular formula is C18H21N3. The van der Waals surface area contributed by atoms with Crippen LogP contribution in [0.2, 0.25) is 0 Å². The van der Waals surface area contributed by atoms with Crippen molar-refractivity contribution in [3.05, 3.63) is 66.7 Å². The fourth-order valence-electron chi connectivity index (χ4n) is 1.78. The number of benzene rings is 2. The molecule has 0 aliphatic rings. The Balaban J connectivity index is 0.00000106. The minimum atomic E-state index is 0.656. The van der Waals surface area contributed by atoms with Gasteiger partial charge in [0, 0.05) is 16.8 Å². The van der Waals surface area contributed by atoms with E-state index in [9.17, 15) is 0 Å². The van der Waals surface area contributed by atoms with Gasteiger partial charge in [0.1, 0.15) is 0 Å². The van der Waals surface area contributed by atoms with Crippen LogP contribution in [0.1, 0.15) is 25.0 Å². The molecule has 2 N–H and O–H groups in total. The molecule has 0 bridgehead atoms. The number of nitrogen functional groups attached to an aromatic ring is 1. The second-order valence-electron chi connectivity index (χ2n) is 3.95. The van der Waals surface area contributed by atoms with Crippen molar-refractivity contribution < 1.29 is 0 Å². The van der Waals surface area contributed by atoms with Crippen molar-refractivity contribution in [3.63, 3.8) is 0 Å². The van der Waals surface area contributed by atoms with Crippen LogP contribution in [0, 0.1) is 0 Å². The van der Waals surface area contributed by atoms with Gasteiger partial charge in [0.15, 0.2) is 0 Å². The van der Waals surface area contributed by atoms with E-state index in [1.807, 2.05) is 50.2 Å². The van der Waals surface area contributed by atoms with Crippen LogP contribution in [0.15, 0.2) is 65.9 Å². The molecule has 0 heterocycles. The number of anilines is 1. The van der Waals surface area contributed by atoms with Gasteiger partial charge in [0.2, 0.25) is 0 Å². The molecule has 0 spiro atoms. The van der Waals surface area contributed by atoms with Crippen molar-refractivity contribution in [2.75, 3.05) is 5.73 Å². The molecule has 0 saturated heterocycles. The smallest absolute Gasteiger partial charge is 0.0936 e. The Labute approximate surface area is 126 Å². The zero-order valence-corrected chi connectivity index (χ0v) is 12.6. The standard InChI is InChI=1S/C16H15N3.C2H6/c1-3-13-14(4-2)16(11-10-15(13)17)19-18-12-8-6-5-7-9-12;1-2/h3-11H,1-2,17H2;1-2H3. The second kappa shape index (κ2) is 8.48. The van der Waals surface area contributed by atoms with Crippen LogP contribution in [-0.4, -0.2) is 0 Å². The fraction of sp³-hybridized carbons (Fsp3) is 0.111. The highest BCUT2D eigenvalue weighted by atomic mass is 15.1. The van der Waals surface area contributed by atoms with Gasteiger partial charge in [0.25, 0.3) is 0 Å². The van der Waals surface area contributed by atoms with Crippen LogP contribution in [0.3, 0.4) is 0 Å². The molecule has 0 aromatic heterocycles. The van der Waals surface area contributed by atoms with E-state index in [1.54, 1.807) is 18.2 Å². The topological polar surface area (TPSA) is 50.7 Å². The van der Waals surface area contributed by atoms with Crippen LogP contribution in [0.25, 0.3) is 12.2 Å². The summed E-state index contributed by atoms with van der Waals surface area (Å²) in [5.74, 6) is 0. The minimum Gasteiger partial charge on any atom is -0.398 e. The molecule has 0 radical (unpaired) electrons. The summed E-state index contributed by atoms with van der Waals surface area (Å²) in [5, 5.41) is 8.44. The van der Waals surface area contributed by atoms with E-state index >= 15 is 0 Å². The zero-order valence-electron chi connectivity index (χ0n) is 12.6. The van der Waals surface area contributed by atoms with Gasteiger partial charge in [-0.2, -0.15) is 5.11 Å². The van der Waals surface area contributed by atoms with Gasteiger partial charge in [0.05, 0.1) is 11.4 Å². The summed E-state index contributed by atoms with van der Waals surface area (Å²) in [7, 11) is 0. The molecule has 0 unspecified atom stereocenters. The molecule has 2 aromatic rings. The molecule has 0 saturated carbocycles. The van der Waals surface area contributed by atoms with Gasteiger partial charge in [-0.05, 0) is 24.3 Å². The summed E-state index contributed by atoms with van der Waals surface area (Å²) < 4.78 is 0. The predicted octanol–water partition coefficient (Wildman–Crippen LogP) is 6.00. The number of nitrogens with two attached hydrogens (primary N) is 1. The monoisotopic (exact) mass is 279 g/mol. The van der Waals surface area contributed by atoms with Crippen LogP contribution in [0.5, 0.6) is 0 Å². The molecule has 3 nitrogen and oxygen atoms in total. The molecule has 0 aliphatic carbocycles. The van der Waals surface area contributed by atoms with Crippen molar-refractivity contribution >= 4 is 29.2 Å². The first-order valence-corrected chi connectivity index (χ1v) is 6.90. The Morgan fingerprint density at radius 3 is 2.05 bits per heavy atom. The van der Waals surface area contributed by atoms with E-state index in [0.717, 1.165) is 22.5 Å². The summed E-state index contributed by atoms with van der Waals surface area (Å²) in [6, 6.07) is 13.2. The fourth-order valence-corrected chi connectivity index (χ4v) is 1.78. The van der Waals surface area contributed by atoms with Gasteiger partial charge in [-0.3, -0.25) is 0 Å². The van der Waals surface area contributed by atoms with Gasteiger partial charge in [-0.25, -0.2) is 0 Å². The van der Waals surface area contributed by atoms with E-state index in [2.05, 4.69) is 23.4 Å². The summed E-state index contributed by atoms with van der Waals surface area (Å²) in [6.45, 7) is 11.6. The first-order valence-electron chi connectivity index (χ1n) is 6.90. The number of hydrogen-bond donors (Lipinski definition) is 1. The maximum atomic E-state index is 5.89. The average molecular weight is 279 g/mol. The third-order valence-electron chi connectivity index (χ3n) is 2.74. The van der Waals surface area contributed by atoms with Gasteiger partial charge in [-0.1, -0.05) is 57.4 Å². The van der Waals surface area contributed by atoms with E-state index in [0.29, 0.717) is 5.69 Å². The van der Waals surface area contributed by atoms with Crippen molar-refractivity contribution in [1.29, 1.82) is 0 Å². The lowest BCUT2D eigenvalue weighted by Gasteiger charge is -2.07. The highest BCUT2D eigenvalue weighted by Crippen LogP contribution is 2.30. The lowest BCUT2D eigenvalue weighted by Crippen LogP contribution is -1.92. The van der Waals surface area contributed by atoms with E-state index < -0.39 is 0 Å². The van der Waals surface area contributed by atoms with Crippen molar-refractivity contribution in [2.24, 2.45) is 10.2 Å². The largest absolute Gasteiger partial charge is 0.398 e. The molecule has 0 atom stereocenters. The second-order valence-corrected chi connectivity index (χ2v) is 3.95.